The van der Waals surface area contributed by atoms with Crippen LogP contribution in [0.15, 0.2) is 97.1 Å². The molecule has 4 aromatic rings. The van der Waals surface area contributed by atoms with E-state index in [-0.39, 0.29) is 11.7 Å². The van der Waals surface area contributed by atoms with Crippen LogP contribution < -0.4 is 9.96 Å². The van der Waals surface area contributed by atoms with E-state index < -0.39 is 24.0 Å². The molecule has 2 aliphatic heterocycles. The Morgan fingerprint density at radius 3 is 2.15 bits per heavy atom. The molecule has 33 heavy (non-hydrogen) atoms. The zero-order valence-corrected chi connectivity index (χ0v) is 17.5. The largest absolute Gasteiger partial charge is 0.273 e. The van der Waals surface area contributed by atoms with Crippen molar-refractivity contribution >= 4 is 34.0 Å². The van der Waals surface area contributed by atoms with Crippen LogP contribution in [0.25, 0.3) is 10.8 Å². The number of fused-ring (bicyclic) bond motifs is 2. The highest BCUT2D eigenvalue weighted by atomic mass is 19.1. The summed E-state index contributed by atoms with van der Waals surface area (Å²) in [6, 6.07) is 28.0. The minimum Gasteiger partial charge on any atom is -0.273 e. The van der Waals surface area contributed by atoms with Gasteiger partial charge in [-0.15, -0.1) is 0 Å². The van der Waals surface area contributed by atoms with Gasteiger partial charge in [-0.05, 0) is 52.7 Å². The molecule has 2 fully saturated rings. The second-order valence-corrected chi connectivity index (χ2v) is 8.25. The highest BCUT2D eigenvalue weighted by Crippen LogP contribution is 2.47. The average Bonchev–Trinajstić information content (AvgIpc) is 3.36. The molecule has 6 heteroatoms. The van der Waals surface area contributed by atoms with E-state index >= 15 is 0 Å². The second kappa shape index (κ2) is 7.53. The number of rotatable bonds is 3. The van der Waals surface area contributed by atoms with Gasteiger partial charge in [-0.3, -0.25) is 14.4 Å². The number of nitrogens with zero attached hydrogens (tertiary/aromatic N) is 2. The van der Waals surface area contributed by atoms with Gasteiger partial charge in [-0.2, -0.15) is 0 Å². The number of benzene rings is 4. The van der Waals surface area contributed by atoms with Crippen LogP contribution in [0.2, 0.25) is 0 Å². The average molecular weight is 438 g/mol. The van der Waals surface area contributed by atoms with E-state index in [9.17, 15) is 14.0 Å². The van der Waals surface area contributed by atoms with Crippen LogP contribution in [-0.2, 0) is 14.4 Å². The first kappa shape index (κ1) is 19.6. The number of carbonyl (C=O) groups excluding carboxylic acids is 2. The summed E-state index contributed by atoms with van der Waals surface area (Å²) in [4.78, 5) is 34.5. The van der Waals surface area contributed by atoms with Gasteiger partial charge in [0.1, 0.15) is 11.7 Å². The fourth-order valence-electron chi connectivity index (χ4n) is 4.78. The van der Waals surface area contributed by atoms with E-state index in [1.54, 1.807) is 23.3 Å². The van der Waals surface area contributed by atoms with Gasteiger partial charge in [0.05, 0.1) is 17.4 Å². The number of hydroxylamine groups is 1. The maximum absolute atomic E-state index is 13.7. The third-order valence-electron chi connectivity index (χ3n) is 6.33. The zero-order chi connectivity index (χ0) is 22.5. The van der Waals surface area contributed by atoms with Crippen LogP contribution in [0.3, 0.4) is 0 Å². The first-order valence-corrected chi connectivity index (χ1v) is 10.7. The molecule has 0 radical (unpaired) electrons. The lowest BCUT2D eigenvalue weighted by molar-refractivity contribution is -0.126. The number of imide groups is 1. The Hall–Kier alpha value is -4.03. The maximum atomic E-state index is 13.7. The third-order valence-corrected chi connectivity index (χ3v) is 6.33. The Morgan fingerprint density at radius 1 is 0.697 bits per heavy atom. The van der Waals surface area contributed by atoms with Crippen molar-refractivity contribution < 1.29 is 18.8 Å². The molecule has 2 amide bonds. The molecule has 162 valence electrons. The minimum absolute atomic E-state index is 0.326. The van der Waals surface area contributed by atoms with Gasteiger partial charge in [0.15, 0.2) is 6.10 Å². The number of hydrogen-bond acceptors (Lipinski definition) is 4. The van der Waals surface area contributed by atoms with E-state index in [2.05, 4.69) is 0 Å². The van der Waals surface area contributed by atoms with Gasteiger partial charge in [0.2, 0.25) is 5.91 Å². The van der Waals surface area contributed by atoms with Crippen molar-refractivity contribution in [2.75, 3.05) is 9.96 Å². The Kier molecular flexibility index (Phi) is 4.48. The summed E-state index contributed by atoms with van der Waals surface area (Å²) in [5.74, 6) is -1.85. The van der Waals surface area contributed by atoms with Gasteiger partial charge >= 0.3 is 0 Å². The molecule has 0 N–H and O–H groups in total. The van der Waals surface area contributed by atoms with E-state index in [1.807, 2.05) is 66.7 Å². The molecule has 2 aliphatic rings. The topological polar surface area (TPSA) is 49.9 Å². The summed E-state index contributed by atoms with van der Waals surface area (Å²) < 4.78 is 13.6. The molecule has 0 bridgehead atoms. The normalized spacial score (nSPS) is 22.3. The Morgan fingerprint density at radius 2 is 1.39 bits per heavy atom. The SMILES string of the molecule is O=C1C2ON(c3ccccc3)C(c3ccc(F)cc3)C2C(=O)N1c1ccc2ccccc2c1. The number of halogens is 1. The quantitative estimate of drug-likeness (QED) is 0.421. The van der Waals surface area contributed by atoms with Crippen molar-refractivity contribution in [1.82, 2.24) is 0 Å². The summed E-state index contributed by atoms with van der Waals surface area (Å²) in [5, 5.41) is 3.57. The maximum Gasteiger partial charge on any atom is 0.266 e. The van der Waals surface area contributed by atoms with E-state index in [1.165, 1.54) is 17.0 Å². The van der Waals surface area contributed by atoms with Crippen molar-refractivity contribution in [3.05, 3.63) is 108 Å². The number of anilines is 2. The lowest BCUT2D eigenvalue weighted by Gasteiger charge is -2.28. The Labute approximate surface area is 189 Å². The lowest BCUT2D eigenvalue weighted by Crippen LogP contribution is -2.37. The smallest absolute Gasteiger partial charge is 0.266 e. The van der Waals surface area contributed by atoms with E-state index in [0.29, 0.717) is 11.3 Å². The summed E-state index contributed by atoms with van der Waals surface area (Å²) in [7, 11) is 0. The Balaban J connectivity index is 1.43. The van der Waals surface area contributed by atoms with Crippen molar-refractivity contribution in [2.24, 2.45) is 5.92 Å². The molecule has 3 atom stereocenters. The molecule has 5 nitrogen and oxygen atoms in total. The molecule has 2 saturated heterocycles. The van der Waals surface area contributed by atoms with E-state index in [0.717, 1.165) is 16.5 Å². The molecule has 4 aromatic carbocycles. The first-order chi connectivity index (χ1) is 16.1. The molecular weight excluding hydrogens is 419 g/mol. The Bertz CT molecular complexity index is 1370. The third kappa shape index (κ3) is 3.10. The minimum atomic E-state index is -0.959. The molecule has 0 spiro atoms. The number of para-hydroxylation sites is 1. The van der Waals surface area contributed by atoms with Gasteiger partial charge in [-0.1, -0.05) is 60.7 Å². The van der Waals surface area contributed by atoms with Crippen molar-refractivity contribution in [1.29, 1.82) is 0 Å². The van der Waals surface area contributed by atoms with Crippen molar-refractivity contribution in [3.8, 4) is 0 Å². The molecular formula is C27H19FN2O3. The fourth-order valence-corrected chi connectivity index (χ4v) is 4.78. The molecule has 3 unspecified atom stereocenters. The number of hydrogen-bond donors (Lipinski definition) is 0. The monoisotopic (exact) mass is 438 g/mol. The highest BCUT2D eigenvalue weighted by molar-refractivity contribution is 6.24. The van der Waals surface area contributed by atoms with E-state index in [4.69, 9.17) is 4.84 Å². The molecule has 0 aliphatic carbocycles. The summed E-state index contributed by atoms with van der Waals surface area (Å²) >= 11 is 0. The van der Waals surface area contributed by atoms with Crippen LogP contribution in [0.1, 0.15) is 11.6 Å². The van der Waals surface area contributed by atoms with Gasteiger partial charge in [-0.25, -0.2) is 14.4 Å². The summed E-state index contributed by atoms with van der Waals surface area (Å²) in [6.07, 6.45) is -0.959. The molecule has 0 saturated carbocycles. The van der Waals surface area contributed by atoms with Crippen LogP contribution >= 0.6 is 0 Å². The predicted molar refractivity (Wildman–Crippen MR) is 123 cm³/mol. The van der Waals surface area contributed by atoms with Crippen LogP contribution in [0, 0.1) is 11.7 Å². The number of carbonyl (C=O) groups is 2. The van der Waals surface area contributed by atoms with Crippen LogP contribution in [0.5, 0.6) is 0 Å². The van der Waals surface area contributed by atoms with Crippen LogP contribution in [0.4, 0.5) is 15.8 Å². The van der Waals surface area contributed by atoms with Gasteiger partial charge in [0.25, 0.3) is 5.91 Å². The van der Waals surface area contributed by atoms with Crippen LogP contribution in [-0.4, -0.2) is 17.9 Å². The predicted octanol–water partition coefficient (Wildman–Crippen LogP) is 5.03. The summed E-state index contributed by atoms with van der Waals surface area (Å²) in [5.41, 5.74) is 1.94. The zero-order valence-electron chi connectivity index (χ0n) is 17.5. The lowest BCUT2D eigenvalue weighted by atomic mass is 9.90. The highest BCUT2D eigenvalue weighted by Gasteiger charge is 2.60. The second-order valence-electron chi connectivity index (χ2n) is 8.25. The number of amides is 2. The fraction of sp³-hybridized carbons (Fsp3) is 0.111. The molecule has 2 heterocycles. The van der Waals surface area contributed by atoms with Gasteiger partial charge < -0.3 is 0 Å². The molecule has 6 rings (SSSR count). The van der Waals surface area contributed by atoms with Gasteiger partial charge in [0, 0.05) is 0 Å². The standard InChI is InChI=1S/C27H19FN2O3/c28-20-13-10-18(11-14-20)24-23-25(33-30(24)21-8-2-1-3-9-21)27(32)29(26(23)31)22-15-12-17-6-4-5-7-19(17)16-22/h1-16,23-25H. The first-order valence-electron chi connectivity index (χ1n) is 10.7. The van der Waals surface area contributed by atoms with Crippen molar-refractivity contribution in [2.45, 2.75) is 12.1 Å². The summed E-state index contributed by atoms with van der Waals surface area (Å²) in [6.45, 7) is 0. The molecule has 0 aromatic heterocycles. The van der Waals surface area contributed by atoms with Crippen molar-refractivity contribution in [3.63, 3.8) is 0 Å².